The van der Waals surface area contributed by atoms with E-state index >= 15 is 0 Å². The lowest BCUT2D eigenvalue weighted by molar-refractivity contribution is 0.0442. The van der Waals surface area contributed by atoms with E-state index in [1.54, 1.807) is 18.3 Å². The van der Waals surface area contributed by atoms with Crippen molar-refractivity contribution in [3.05, 3.63) is 23.9 Å². The molecule has 0 radical (unpaired) electrons. The summed E-state index contributed by atoms with van der Waals surface area (Å²) in [6, 6.07) is 3.51. The molecule has 0 bridgehead atoms. The molecule has 0 saturated carbocycles. The molecule has 0 aliphatic carbocycles. The molecule has 5 heteroatoms. The van der Waals surface area contributed by atoms with Crippen LogP contribution in [0.1, 0.15) is 23.7 Å². The highest BCUT2D eigenvalue weighted by molar-refractivity contribution is 5.96. The molecule has 0 aromatic carbocycles. The highest BCUT2D eigenvalue weighted by atomic mass is 16.5. The summed E-state index contributed by atoms with van der Waals surface area (Å²) in [7, 11) is 1.53. The number of carbonyl (C=O) groups excluding carboxylic acids is 1. The maximum atomic E-state index is 12.5. The number of hydrogen-bond acceptors (Lipinski definition) is 4. The van der Waals surface area contributed by atoms with Crippen LogP contribution in [0.5, 0.6) is 5.88 Å². The number of hydrogen-bond donors (Lipinski definition) is 0. The molecule has 2 aliphatic rings. The standard InChI is InChI=1S/C14H18N2O3/c1-9-6-10-7-16(8-12(10)19-9)14(17)11-4-3-5-15-13(11)18-2/h3-5,9-10,12H,6-8H2,1-2H3/t9-,10+,12-/m1/s1. The Morgan fingerprint density at radius 3 is 3.11 bits per heavy atom. The molecule has 102 valence electrons. The number of likely N-dealkylation sites (tertiary alicyclic amines) is 1. The quantitative estimate of drug-likeness (QED) is 0.807. The Balaban J connectivity index is 1.75. The molecule has 1 aromatic heterocycles. The van der Waals surface area contributed by atoms with Gasteiger partial charge in [0.05, 0.1) is 19.3 Å². The molecule has 3 heterocycles. The van der Waals surface area contributed by atoms with E-state index < -0.39 is 0 Å². The summed E-state index contributed by atoms with van der Waals surface area (Å²) in [5.41, 5.74) is 0.526. The Labute approximate surface area is 112 Å². The molecule has 3 rings (SSSR count). The lowest BCUT2D eigenvalue weighted by Gasteiger charge is -2.19. The lowest BCUT2D eigenvalue weighted by Crippen LogP contribution is -2.31. The molecule has 0 N–H and O–H groups in total. The van der Waals surface area contributed by atoms with Crippen LogP contribution in [0.15, 0.2) is 18.3 Å². The van der Waals surface area contributed by atoms with E-state index in [-0.39, 0.29) is 12.0 Å². The van der Waals surface area contributed by atoms with E-state index in [1.165, 1.54) is 7.11 Å². The summed E-state index contributed by atoms with van der Waals surface area (Å²) in [4.78, 5) is 18.4. The van der Waals surface area contributed by atoms with Gasteiger partial charge in [-0.1, -0.05) is 0 Å². The van der Waals surface area contributed by atoms with Gasteiger partial charge in [-0.15, -0.1) is 0 Å². The Morgan fingerprint density at radius 1 is 1.53 bits per heavy atom. The predicted molar refractivity (Wildman–Crippen MR) is 69.1 cm³/mol. The number of methoxy groups -OCH3 is 1. The number of fused-ring (bicyclic) bond motifs is 1. The second-order valence-corrected chi connectivity index (χ2v) is 5.25. The zero-order valence-electron chi connectivity index (χ0n) is 11.2. The molecule has 2 fully saturated rings. The minimum absolute atomic E-state index is 0.0180. The van der Waals surface area contributed by atoms with Gasteiger partial charge in [-0.3, -0.25) is 4.79 Å². The van der Waals surface area contributed by atoms with Gasteiger partial charge in [0.25, 0.3) is 5.91 Å². The molecule has 0 unspecified atom stereocenters. The van der Waals surface area contributed by atoms with Crippen molar-refractivity contribution in [3.63, 3.8) is 0 Å². The maximum absolute atomic E-state index is 12.5. The van der Waals surface area contributed by atoms with Gasteiger partial charge in [-0.05, 0) is 25.5 Å². The first-order valence-electron chi connectivity index (χ1n) is 6.62. The normalized spacial score (nSPS) is 29.4. The molecule has 5 nitrogen and oxygen atoms in total. The van der Waals surface area contributed by atoms with E-state index in [9.17, 15) is 4.79 Å². The van der Waals surface area contributed by atoms with Crippen LogP contribution in [-0.2, 0) is 4.74 Å². The summed E-state index contributed by atoms with van der Waals surface area (Å²) in [5, 5.41) is 0. The SMILES string of the molecule is COc1ncccc1C(=O)N1C[C@@H]2C[C@@H](C)O[C@@H]2C1. The maximum Gasteiger partial charge on any atom is 0.259 e. The van der Waals surface area contributed by atoms with Crippen LogP contribution in [0, 0.1) is 5.92 Å². The van der Waals surface area contributed by atoms with Crippen LogP contribution in [0.4, 0.5) is 0 Å². The zero-order valence-corrected chi connectivity index (χ0v) is 11.2. The molecule has 2 saturated heterocycles. The van der Waals surface area contributed by atoms with Gasteiger partial charge < -0.3 is 14.4 Å². The third-order valence-corrected chi connectivity index (χ3v) is 3.90. The number of aromatic nitrogens is 1. The molecule has 19 heavy (non-hydrogen) atoms. The predicted octanol–water partition coefficient (Wildman–Crippen LogP) is 1.34. The second-order valence-electron chi connectivity index (χ2n) is 5.25. The van der Waals surface area contributed by atoms with Crippen molar-refractivity contribution in [1.29, 1.82) is 0 Å². The highest BCUT2D eigenvalue weighted by Crippen LogP contribution is 2.33. The monoisotopic (exact) mass is 262 g/mol. The number of amides is 1. The average molecular weight is 262 g/mol. The molecule has 0 spiro atoms. The minimum Gasteiger partial charge on any atom is -0.480 e. The van der Waals surface area contributed by atoms with E-state index in [0.29, 0.717) is 30.0 Å². The van der Waals surface area contributed by atoms with Crippen LogP contribution >= 0.6 is 0 Å². The Hall–Kier alpha value is -1.62. The fourth-order valence-electron chi connectivity index (χ4n) is 3.05. The lowest BCUT2D eigenvalue weighted by atomic mass is 10.0. The third-order valence-electron chi connectivity index (χ3n) is 3.90. The fourth-order valence-corrected chi connectivity index (χ4v) is 3.05. The minimum atomic E-state index is -0.0180. The van der Waals surface area contributed by atoms with E-state index in [2.05, 4.69) is 11.9 Å². The molecular formula is C14H18N2O3. The van der Waals surface area contributed by atoms with Crippen LogP contribution in [-0.4, -0.2) is 48.2 Å². The Bertz CT molecular complexity index is 477. The van der Waals surface area contributed by atoms with Gasteiger partial charge >= 0.3 is 0 Å². The van der Waals surface area contributed by atoms with E-state index in [4.69, 9.17) is 9.47 Å². The highest BCUT2D eigenvalue weighted by Gasteiger charge is 2.42. The van der Waals surface area contributed by atoms with Crippen molar-refractivity contribution in [1.82, 2.24) is 9.88 Å². The van der Waals surface area contributed by atoms with Crippen LogP contribution in [0.25, 0.3) is 0 Å². The number of nitrogens with zero attached hydrogens (tertiary/aromatic N) is 2. The van der Waals surface area contributed by atoms with Crippen LogP contribution < -0.4 is 4.74 Å². The van der Waals surface area contributed by atoms with Crippen molar-refractivity contribution in [2.75, 3.05) is 20.2 Å². The molecular weight excluding hydrogens is 244 g/mol. The summed E-state index contributed by atoms with van der Waals surface area (Å²) in [6.45, 7) is 3.53. The van der Waals surface area contributed by atoms with E-state index in [0.717, 1.165) is 13.0 Å². The molecule has 1 aromatic rings. The van der Waals surface area contributed by atoms with Crippen LogP contribution in [0.2, 0.25) is 0 Å². The van der Waals surface area contributed by atoms with Gasteiger partial charge in [0.2, 0.25) is 5.88 Å². The molecule has 2 aliphatic heterocycles. The number of rotatable bonds is 2. The van der Waals surface area contributed by atoms with Crippen molar-refractivity contribution < 1.29 is 14.3 Å². The van der Waals surface area contributed by atoms with Crippen molar-refractivity contribution in [3.8, 4) is 5.88 Å². The molecule has 3 atom stereocenters. The summed E-state index contributed by atoms with van der Waals surface area (Å²) >= 11 is 0. The Kier molecular flexibility index (Phi) is 3.14. The third kappa shape index (κ3) is 2.18. The van der Waals surface area contributed by atoms with Crippen molar-refractivity contribution in [2.45, 2.75) is 25.6 Å². The van der Waals surface area contributed by atoms with Gasteiger partial charge in [-0.25, -0.2) is 4.98 Å². The fraction of sp³-hybridized carbons (Fsp3) is 0.571. The van der Waals surface area contributed by atoms with Gasteiger partial charge in [0.1, 0.15) is 5.56 Å². The number of carbonyl (C=O) groups is 1. The molecule has 1 amide bonds. The van der Waals surface area contributed by atoms with Crippen LogP contribution in [0.3, 0.4) is 0 Å². The first-order chi connectivity index (χ1) is 9.19. The smallest absolute Gasteiger partial charge is 0.259 e. The van der Waals surface area contributed by atoms with Crippen molar-refractivity contribution in [2.24, 2.45) is 5.92 Å². The topological polar surface area (TPSA) is 51.7 Å². The average Bonchev–Trinajstić information content (AvgIpc) is 2.95. The largest absolute Gasteiger partial charge is 0.480 e. The first-order valence-corrected chi connectivity index (χ1v) is 6.62. The van der Waals surface area contributed by atoms with Gasteiger partial charge in [0, 0.05) is 25.2 Å². The summed E-state index contributed by atoms with van der Waals surface area (Å²) in [6.07, 6.45) is 3.18. The number of pyridine rings is 1. The number of ether oxygens (including phenoxy) is 2. The Morgan fingerprint density at radius 2 is 2.37 bits per heavy atom. The van der Waals surface area contributed by atoms with Gasteiger partial charge in [-0.2, -0.15) is 0 Å². The second kappa shape index (κ2) is 4.81. The summed E-state index contributed by atoms with van der Waals surface area (Å²) in [5.74, 6) is 0.844. The van der Waals surface area contributed by atoms with Crippen molar-refractivity contribution >= 4 is 5.91 Å². The van der Waals surface area contributed by atoms with E-state index in [1.807, 2.05) is 4.90 Å². The summed E-state index contributed by atoms with van der Waals surface area (Å²) < 4.78 is 11.0. The zero-order chi connectivity index (χ0) is 13.4. The van der Waals surface area contributed by atoms with Gasteiger partial charge in [0.15, 0.2) is 0 Å². The first kappa shape index (κ1) is 12.4.